The van der Waals surface area contributed by atoms with Gasteiger partial charge in [-0.3, -0.25) is 9.59 Å². The van der Waals surface area contributed by atoms with E-state index in [0.29, 0.717) is 30.3 Å². The number of aryl methyl sites for hydroxylation is 1. The average molecular weight is 485 g/mol. The number of carbonyl (C=O) groups is 2. The van der Waals surface area contributed by atoms with Gasteiger partial charge in [0.1, 0.15) is 6.54 Å². The SMILES string of the molecule is CCCCN(CC(=O)N(Cc1ccc2c(c1)OCO2)Cc1sccc1C)C(=O)c1cccs1. The summed E-state index contributed by atoms with van der Waals surface area (Å²) in [4.78, 5) is 31.9. The Labute approximate surface area is 202 Å². The van der Waals surface area contributed by atoms with Crippen molar-refractivity contribution in [1.29, 1.82) is 0 Å². The van der Waals surface area contributed by atoms with Gasteiger partial charge in [0, 0.05) is 18.0 Å². The fraction of sp³-hybridized carbons (Fsp3) is 0.360. The molecule has 0 spiro atoms. The van der Waals surface area contributed by atoms with Crippen molar-refractivity contribution in [2.45, 2.75) is 39.8 Å². The van der Waals surface area contributed by atoms with Crippen molar-refractivity contribution in [2.75, 3.05) is 19.9 Å². The molecule has 1 aliphatic rings. The van der Waals surface area contributed by atoms with Gasteiger partial charge in [-0.2, -0.15) is 0 Å². The second kappa shape index (κ2) is 10.9. The van der Waals surface area contributed by atoms with Crippen molar-refractivity contribution < 1.29 is 19.1 Å². The molecule has 0 fully saturated rings. The van der Waals surface area contributed by atoms with Crippen LogP contribution in [0.2, 0.25) is 0 Å². The number of carbonyl (C=O) groups excluding carboxylic acids is 2. The van der Waals surface area contributed by atoms with E-state index in [1.54, 1.807) is 16.2 Å². The molecule has 2 amide bonds. The molecule has 33 heavy (non-hydrogen) atoms. The summed E-state index contributed by atoms with van der Waals surface area (Å²) in [6.45, 7) is 5.92. The maximum absolute atomic E-state index is 13.6. The van der Waals surface area contributed by atoms with E-state index < -0.39 is 0 Å². The molecular weight excluding hydrogens is 456 g/mol. The zero-order chi connectivity index (χ0) is 23.2. The Balaban J connectivity index is 1.54. The first kappa shape index (κ1) is 23.3. The molecule has 1 aromatic carbocycles. The smallest absolute Gasteiger partial charge is 0.264 e. The lowest BCUT2D eigenvalue weighted by Gasteiger charge is -2.28. The van der Waals surface area contributed by atoms with E-state index in [4.69, 9.17) is 9.47 Å². The zero-order valence-electron chi connectivity index (χ0n) is 18.9. The molecular formula is C25H28N2O4S2. The minimum absolute atomic E-state index is 0.0612. The highest BCUT2D eigenvalue weighted by Crippen LogP contribution is 2.33. The molecule has 0 radical (unpaired) electrons. The molecule has 0 saturated heterocycles. The predicted molar refractivity (Wildman–Crippen MR) is 131 cm³/mol. The fourth-order valence-corrected chi connectivity index (χ4v) is 5.26. The van der Waals surface area contributed by atoms with Crippen LogP contribution < -0.4 is 9.47 Å². The standard InChI is InChI=1S/C25H28N2O4S2/c1-3-4-10-26(25(29)22-6-5-11-32-22)16-24(28)27(15-23-18(2)9-12-33-23)14-19-7-8-20-21(13-19)31-17-30-20/h5-9,11-13H,3-4,10,14-17H2,1-2H3. The molecule has 3 aromatic rings. The van der Waals surface area contributed by atoms with Crippen molar-refractivity contribution in [3.8, 4) is 11.5 Å². The van der Waals surface area contributed by atoms with E-state index in [-0.39, 0.29) is 25.2 Å². The third-order valence-electron chi connectivity index (χ3n) is 5.59. The second-order valence-electron chi connectivity index (χ2n) is 8.02. The second-order valence-corrected chi connectivity index (χ2v) is 9.97. The number of rotatable bonds is 10. The maximum Gasteiger partial charge on any atom is 0.264 e. The van der Waals surface area contributed by atoms with Gasteiger partial charge in [-0.25, -0.2) is 0 Å². The molecule has 174 valence electrons. The number of ether oxygens (including phenoxy) is 2. The van der Waals surface area contributed by atoms with Crippen molar-refractivity contribution in [3.05, 3.63) is 68.0 Å². The molecule has 0 bridgehead atoms. The number of unbranched alkanes of at least 4 members (excludes halogenated alkanes) is 1. The molecule has 8 heteroatoms. The predicted octanol–water partition coefficient (Wildman–Crippen LogP) is 5.32. The summed E-state index contributed by atoms with van der Waals surface area (Å²) in [6, 6.07) is 11.5. The highest BCUT2D eigenvalue weighted by Gasteiger charge is 2.24. The van der Waals surface area contributed by atoms with E-state index in [2.05, 4.69) is 19.9 Å². The molecule has 0 saturated carbocycles. The zero-order valence-corrected chi connectivity index (χ0v) is 20.5. The van der Waals surface area contributed by atoms with Crippen LogP contribution in [0.5, 0.6) is 11.5 Å². The number of nitrogens with zero attached hydrogens (tertiary/aromatic N) is 2. The Hall–Kier alpha value is -2.84. The first-order valence-electron chi connectivity index (χ1n) is 11.1. The highest BCUT2D eigenvalue weighted by molar-refractivity contribution is 7.12. The van der Waals surface area contributed by atoms with Crippen LogP contribution in [0.1, 0.15) is 45.4 Å². The first-order chi connectivity index (χ1) is 16.0. The Morgan fingerprint density at radius 3 is 2.58 bits per heavy atom. The van der Waals surface area contributed by atoms with E-state index in [9.17, 15) is 9.59 Å². The van der Waals surface area contributed by atoms with Crippen LogP contribution in [-0.2, 0) is 17.9 Å². The van der Waals surface area contributed by atoms with Gasteiger partial charge < -0.3 is 19.3 Å². The summed E-state index contributed by atoms with van der Waals surface area (Å²) in [5.41, 5.74) is 2.13. The van der Waals surface area contributed by atoms with E-state index >= 15 is 0 Å². The summed E-state index contributed by atoms with van der Waals surface area (Å²) < 4.78 is 10.9. The third-order valence-corrected chi connectivity index (χ3v) is 7.46. The van der Waals surface area contributed by atoms with Crippen LogP contribution in [-0.4, -0.2) is 41.5 Å². The summed E-state index contributed by atoms with van der Waals surface area (Å²) in [6.07, 6.45) is 1.81. The Bertz CT molecular complexity index is 1090. The molecule has 0 aliphatic carbocycles. The van der Waals surface area contributed by atoms with Crippen molar-refractivity contribution in [2.24, 2.45) is 0 Å². The Morgan fingerprint density at radius 2 is 1.85 bits per heavy atom. The van der Waals surface area contributed by atoms with Crippen LogP contribution in [0.4, 0.5) is 0 Å². The summed E-state index contributed by atoms with van der Waals surface area (Å²) in [5.74, 6) is 1.27. The Kier molecular flexibility index (Phi) is 7.67. The number of hydrogen-bond acceptors (Lipinski definition) is 6. The van der Waals surface area contributed by atoms with Crippen molar-refractivity contribution in [1.82, 2.24) is 9.80 Å². The van der Waals surface area contributed by atoms with Crippen LogP contribution in [0.3, 0.4) is 0 Å². The number of benzene rings is 1. The first-order valence-corrected chi connectivity index (χ1v) is 12.8. The van der Waals surface area contributed by atoms with Crippen molar-refractivity contribution in [3.63, 3.8) is 0 Å². The van der Waals surface area contributed by atoms with Gasteiger partial charge in [-0.1, -0.05) is 25.5 Å². The number of thiophene rings is 2. The maximum atomic E-state index is 13.6. The average Bonchev–Trinajstić information content (AvgIpc) is 3.58. The molecule has 0 N–H and O–H groups in total. The Morgan fingerprint density at radius 1 is 1.00 bits per heavy atom. The van der Waals surface area contributed by atoms with Gasteiger partial charge in [-0.15, -0.1) is 22.7 Å². The number of amides is 2. The minimum Gasteiger partial charge on any atom is -0.454 e. The van der Waals surface area contributed by atoms with Gasteiger partial charge in [-0.05, 0) is 59.5 Å². The van der Waals surface area contributed by atoms with Gasteiger partial charge in [0.25, 0.3) is 5.91 Å². The molecule has 3 heterocycles. The van der Waals surface area contributed by atoms with Crippen LogP contribution in [0.15, 0.2) is 47.2 Å². The van der Waals surface area contributed by atoms with Crippen LogP contribution >= 0.6 is 22.7 Å². The number of fused-ring (bicyclic) bond motifs is 1. The summed E-state index contributed by atoms with van der Waals surface area (Å²) >= 11 is 3.05. The monoisotopic (exact) mass is 484 g/mol. The molecule has 1 aliphatic heterocycles. The van der Waals surface area contributed by atoms with Gasteiger partial charge in [0.2, 0.25) is 12.7 Å². The van der Waals surface area contributed by atoms with Gasteiger partial charge >= 0.3 is 0 Å². The van der Waals surface area contributed by atoms with E-state index in [0.717, 1.165) is 29.0 Å². The highest BCUT2D eigenvalue weighted by atomic mass is 32.1. The van der Waals surface area contributed by atoms with Crippen LogP contribution in [0, 0.1) is 6.92 Å². The fourth-order valence-electron chi connectivity index (χ4n) is 3.65. The summed E-state index contributed by atoms with van der Waals surface area (Å²) in [7, 11) is 0. The van der Waals surface area contributed by atoms with Crippen LogP contribution in [0.25, 0.3) is 0 Å². The topological polar surface area (TPSA) is 59.1 Å². The molecule has 4 rings (SSSR count). The lowest BCUT2D eigenvalue weighted by atomic mass is 10.1. The molecule has 6 nitrogen and oxygen atoms in total. The summed E-state index contributed by atoms with van der Waals surface area (Å²) in [5, 5.41) is 3.93. The molecule has 0 unspecified atom stereocenters. The van der Waals surface area contributed by atoms with Gasteiger partial charge in [0.05, 0.1) is 11.4 Å². The molecule has 2 aromatic heterocycles. The largest absolute Gasteiger partial charge is 0.454 e. The number of hydrogen-bond donors (Lipinski definition) is 0. The lowest BCUT2D eigenvalue weighted by molar-refractivity contribution is -0.133. The normalized spacial score (nSPS) is 12.1. The van der Waals surface area contributed by atoms with E-state index in [1.807, 2.05) is 46.0 Å². The third kappa shape index (κ3) is 5.75. The van der Waals surface area contributed by atoms with E-state index in [1.165, 1.54) is 16.9 Å². The van der Waals surface area contributed by atoms with Gasteiger partial charge in [0.15, 0.2) is 11.5 Å². The molecule has 0 atom stereocenters. The lowest BCUT2D eigenvalue weighted by Crippen LogP contribution is -2.42. The minimum atomic E-state index is -0.0814. The van der Waals surface area contributed by atoms with Crippen molar-refractivity contribution >= 4 is 34.5 Å². The quantitative estimate of drug-likeness (QED) is 0.391.